The van der Waals surface area contributed by atoms with E-state index in [0.29, 0.717) is 16.0 Å². The Balaban J connectivity index is 2.29. The second-order valence-electron chi connectivity index (χ2n) is 4.98. The van der Waals surface area contributed by atoms with Gasteiger partial charge in [-0.15, -0.1) is 0 Å². The van der Waals surface area contributed by atoms with Gasteiger partial charge in [-0.05, 0) is 35.1 Å². The smallest absolute Gasteiger partial charge is 0.0659 e. The summed E-state index contributed by atoms with van der Waals surface area (Å²) < 4.78 is 0. The second kappa shape index (κ2) is 6.98. The summed E-state index contributed by atoms with van der Waals surface area (Å²) in [5.41, 5.74) is 3.55. The highest BCUT2D eigenvalue weighted by molar-refractivity contribution is 9.09. The van der Waals surface area contributed by atoms with Crippen molar-refractivity contribution in [3.05, 3.63) is 69.2 Å². The molecule has 2 aromatic rings. The van der Waals surface area contributed by atoms with Crippen LogP contribution in [0.25, 0.3) is 0 Å². The minimum atomic E-state index is 0.0553. The Kier molecular flexibility index (Phi) is 5.54. The summed E-state index contributed by atoms with van der Waals surface area (Å²) in [6.45, 7) is 4.45. The maximum atomic E-state index is 6.28. The molecule has 0 bridgehead atoms. The first-order chi connectivity index (χ1) is 9.54. The molecule has 0 aliphatic heterocycles. The predicted molar refractivity (Wildman–Crippen MR) is 92.4 cm³/mol. The fraction of sp³-hybridized carbons (Fsp3) is 0.294. The summed E-state index contributed by atoms with van der Waals surface area (Å²) in [6, 6.07) is 14.4. The van der Waals surface area contributed by atoms with Crippen LogP contribution in [0, 0.1) is 0 Å². The molecule has 3 heteroatoms. The van der Waals surface area contributed by atoms with E-state index >= 15 is 0 Å². The summed E-state index contributed by atoms with van der Waals surface area (Å²) >= 11 is 16.1. The van der Waals surface area contributed by atoms with Crippen molar-refractivity contribution < 1.29 is 0 Å². The number of alkyl halides is 1. The second-order valence-corrected chi connectivity index (χ2v) is 6.68. The van der Waals surface area contributed by atoms with Gasteiger partial charge in [-0.2, -0.15) is 0 Å². The van der Waals surface area contributed by atoms with Crippen LogP contribution in [0.4, 0.5) is 0 Å². The van der Waals surface area contributed by atoms with Gasteiger partial charge in [0.15, 0.2) is 0 Å². The van der Waals surface area contributed by atoms with Crippen molar-refractivity contribution in [1.29, 1.82) is 0 Å². The van der Waals surface area contributed by atoms with E-state index in [2.05, 4.69) is 54.0 Å². The summed E-state index contributed by atoms with van der Waals surface area (Å²) in [5.74, 6) is 0.590. The third-order valence-electron chi connectivity index (χ3n) is 3.67. The molecular formula is C17H17BrCl2. The van der Waals surface area contributed by atoms with Crippen LogP contribution in [0.3, 0.4) is 0 Å². The standard InChI is InChI=1S/C17H17BrCl2/c1-3-11(2)12-7-9-13(10-8-12)16(18)14-5-4-6-15(19)17(14)20/h4-11,16H,3H2,1-2H3. The molecular weight excluding hydrogens is 355 g/mol. The number of halogens is 3. The fourth-order valence-electron chi connectivity index (χ4n) is 2.12. The highest BCUT2D eigenvalue weighted by atomic mass is 79.9. The molecule has 0 saturated carbocycles. The lowest BCUT2D eigenvalue weighted by atomic mass is 9.96. The molecule has 0 heterocycles. The molecule has 0 amide bonds. The maximum Gasteiger partial charge on any atom is 0.0659 e. The molecule has 2 rings (SSSR count). The van der Waals surface area contributed by atoms with Crippen LogP contribution in [0.2, 0.25) is 10.0 Å². The van der Waals surface area contributed by atoms with E-state index in [1.807, 2.05) is 12.1 Å². The topological polar surface area (TPSA) is 0 Å². The number of benzene rings is 2. The fourth-order valence-corrected chi connectivity index (χ4v) is 3.36. The van der Waals surface area contributed by atoms with Crippen LogP contribution in [0.15, 0.2) is 42.5 Å². The third kappa shape index (κ3) is 3.39. The van der Waals surface area contributed by atoms with Crippen molar-refractivity contribution in [2.75, 3.05) is 0 Å². The molecule has 2 unspecified atom stereocenters. The van der Waals surface area contributed by atoms with Crippen molar-refractivity contribution in [2.24, 2.45) is 0 Å². The summed E-state index contributed by atoms with van der Waals surface area (Å²) in [6.07, 6.45) is 1.15. The highest BCUT2D eigenvalue weighted by Gasteiger charge is 2.15. The van der Waals surface area contributed by atoms with Gasteiger partial charge in [0, 0.05) is 0 Å². The van der Waals surface area contributed by atoms with Gasteiger partial charge in [-0.1, -0.05) is 89.4 Å². The van der Waals surface area contributed by atoms with E-state index in [0.717, 1.165) is 12.0 Å². The van der Waals surface area contributed by atoms with Crippen LogP contribution < -0.4 is 0 Å². The van der Waals surface area contributed by atoms with Crippen molar-refractivity contribution in [3.8, 4) is 0 Å². The lowest BCUT2D eigenvalue weighted by molar-refractivity contribution is 0.733. The Morgan fingerprint density at radius 3 is 2.20 bits per heavy atom. The molecule has 0 spiro atoms. The number of hydrogen-bond acceptors (Lipinski definition) is 0. The van der Waals surface area contributed by atoms with Crippen LogP contribution in [0.5, 0.6) is 0 Å². The molecule has 2 atom stereocenters. The monoisotopic (exact) mass is 370 g/mol. The molecule has 0 radical (unpaired) electrons. The largest absolute Gasteiger partial charge is 0.0827 e. The van der Waals surface area contributed by atoms with E-state index < -0.39 is 0 Å². The molecule has 0 aromatic heterocycles. The van der Waals surface area contributed by atoms with Gasteiger partial charge in [0.05, 0.1) is 14.9 Å². The van der Waals surface area contributed by atoms with Crippen LogP contribution in [-0.4, -0.2) is 0 Å². The normalized spacial score (nSPS) is 14.1. The summed E-state index contributed by atoms with van der Waals surface area (Å²) in [7, 11) is 0. The number of hydrogen-bond donors (Lipinski definition) is 0. The highest BCUT2D eigenvalue weighted by Crippen LogP contribution is 2.38. The molecule has 106 valence electrons. The zero-order valence-corrected chi connectivity index (χ0v) is 14.6. The van der Waals surface area contributed by atoms with Crippen molar-refractivity contribution in [2.45, 2.75) is 31.0 Å². The van der Waals surface area contributed by atoms with E-state index in [-0.39, 0.29) is 4.83 Å². The first-order valence-electron chi connectivity index (χ1n) is 6.72. The molecule has 0 N–H and O–H groups in total. The van der Waals surface area contributed by atoms with E-state index in [1.165, 1.54) is 11.1 Å². The quantitative estimate of drug-likeness (QED) is 0.508. The minimum absolute atomic E-state index is 0.0553. The van der Waals surface area contributed by atoms with Crippen molar-refractivity contribution in [3.63, 3.8) is 0 Å². The van der Waals surface area contributed by atoms with Gasteiger partial charge >= 0.3 is 0 Å². The van der Waals surface area contributed by atoms with Gasteiger partial charge < -0.3 is 0 Å². The van der Waals surface area contributed by atoms with Crippen molar-refractivity contribution >= 4 is 39.1 Å². The Morgan fingerprint density at radius 1 is 1.00 bits per heavy atom. The molecule has 0 saturated heterocycles. The summed E-state index contributed by atoms with van der Waals surface area (Å²) in [5, 5.41) is 1.20. The Morgan fingerprint density at radius 2 is 1.60 bits per heavy atom. The molecule has 2 aromatic carbocycles. The van der Waals surface area contributed by atoms with E-state index in [4.69, 9.17) is 23.2 Å². The molecule has 0 aliphatic rings. The van der Waals surface area contributed by atoms with Crippen LogP contribution >= 0.6 is 39.1 Å². The van der Waals surface area contributed by atoms with E-state index in [9.17, 15) is 0 Å². The van der Waals surface area contributed by atoms with Gasteiger partial charge in [-0.3, -0.25) is 0 Å². The SMILES string of the molecule is CCC(C)c1ccc(C(Br)c2cccc(Cl)c2Cl)cc1. The lowest BCUT2D eigenvalue weighted by Gasteiger charge is -2.15. The third-order valence-corrected chi connectivity index (χ3v) is 5.52. The maximum absolute atomic E-state index is 6.28. The zero-order valence-electron chi connectivity index (χ0n) is 11.5. The Labute approximate surface area is 139 Å². The zero-order chi connectivity index (χ0) is 14.7. The van der Waals surface area contributed by atoms with Gasteiger partial charge in [0.25, 0.3) is 0 Å². The average molecular weight is 372 g/mol. The Bertz CT molecular complexity index is 578. The first-order valence-corrected chi connectivity index (χ1v) is 8.39. The molecule has 20 heavy (non-hydrogen) atoms. The number of rotatable bonds is 4. The molecule has 0 aliphatic carbocycles. The van der Waals surface area contributed by atoms with E-state index in [1.54, 1.807) is 6.07 Å². The average Bonchev–Trinajstić information content (AvgIpc) is 2.48. The van der Waals surface area contributed by atoms with Crippen LogP contribution in [-0.2, 0) is 0 Å². The molecule has 0 fully saturated rings. The van der Waals surface area contributed by atoms with Gasteiger partial charge in [-0.25, -0.2) is 0 Å². The Hall–Kier alpha value is -0.500. The van der Waals surface area contributed by atoms with Crippen molar-refractivity contribution in [1.82, 2.24) is 0 Å². The minimum Gasteiger partial charge on any atom is -0.0827 e. The molecule has 0 nitrogen and oxygen atoms in total. The van der Waals surface area contributed by atoms with Gasteiger partial charge in [0.2, 0.25) is 0 Å². The first kappa shape index (κ1) is 15.9. The van der Waals surface area contributed by atoms with Crippen LogP contribution in [0.1, 0.15) is 47.7 Å². The predicted octanol–water partition coefficient (Wildman–Crippen LogP) is 6.99. The summed E-state index contributed by atoms with van der Waals surface area (Å²) in [4.78, 5) is 0.0553. The van der Waals surface area contributed by atoms with Gasteiger partial charge in [0.1, 0.15) is 0 Å². The lowest BCUT2D eigenvalue weighted by Crippen LogP contribution is -1.96.